The maximum absolute atomic E-state index is 12.1. The number of anilines is 1. The van der Waals surface area contributed by atoms with Crippen LogP contribution in [0.25, 0.3) is 0 Å². The SMILES string of the molecule is C=CC(=O)NCCCC(=O)Nc1c(I)c(C(=O)O)c(I)c(C(=O)O)c1I. The number of halogens is 3. The fourth-order valence-corrected chi connectivity index (χ4v) is 6.24. The van der Waals surface area contributed by atoms with E-state index in [2.05, 4.69) is 17.2 Å². The Balaban J connectivity index is 3.07. The number of nitrogens with one attached hydrogen (secondary N) is 2. The number of aromatic carboxylic acids is 2. The second-order valence-electron chi connectivity index (χ2n) is 4.82. The van der Waals surface area contributed by atoms with Crippen LogP contribution in [0.15, 0.2) is 12.7 Å². The average molecular weight is 698 g/mol. The van der Waals surface area contributed by atoms with Crippen LogP contribution in [0, 0.1) is 10.7 Å². The predicted octanol–water partition coefficient (Wildman–Crippen LogP) is 2.92. The first kappa shape index (κ1) is 23.1. The number of hydrogen-bond acceptors (Lipinski definition) is 4. The quantitative estimate of drug-likeness (QED) is 0.188. The van der Waals surface area contributed by atoms with E-state index in [4.69, 9.17) is 0 Å². The van der Waals surface area contributed by atoms with E-state index in [9.17, 15) is 29.4 Å². The Morgan fingerprint density at radius 2 is 1.46 bits per heavy atom. The normalized spacial score (nSPS) is 10.1. The van der Waals surface area contributed by atoms with Gasteiger partial charge < -0.3 is 20.8 Å². The number of rotatable bonds is 8. The molecule has 0 atom stereocenters. The van der Waals surface area contributed by atoms with Crippen molar-refractivity contribution in [2.45, 2.75) is 12.8 Å². The van der Waals surface area contributed by atoms with Crippen LogP contribution in [0.3, 0.4) is 0 Å². The molecule has 1 aromatic carbocycles. The topological polar surface area (TPSA) is 133 Å². The summed E-state index contributed by atoms with van der Waals surface area (Å²) in [5, 5.41) is 23.9. The summed E-state index contributed by atoms with van der Waals surface area (Å²) in [5.41, 5.74) is -0.184. The number of carboxylic acids is 2. The number of benzene rings is 1. The van der Waals surface area contributed by atoms with Crippen LogP contribution in [0.1, 0.15) is 33.6 Å². The highest BCUT2D eigenvalue weighted by molar-refractivity contribution is 14.1. The summed E-state index contributed by atoms with van der Waals surface area (Å²) in [4.78, 5) is 46.2. The van der Waals surface area contributed by atoms with E-state index in [0.717, 1.165) is 6.08 Å². The van der Waals surface area contributed by atoms with Crippen molar-refractivity contribution in [2.75, 3.05) is 11.9 Å². The van der Waals surface area contributed by atoms with Crippen molar-refractivity contribution >= 4 is 97.2 Å². The lowest BCUT2D eigenvalue weighted by atomic mass is 10.1. The molecule has 0 fully saturated rings. The van der Waals surface area contributed by atoms with Crippen LogP contribution in [-0.4, -0.2) is 40.5 Å². The Kier molecular flexibility index (Phi) is 9.22. The number of carboxylic acid groups (broad SMARTS) is 2. The zero-order valence-corrected chi connectivity index (χ0v) is 19.5. The van der Waals surface area contributed by atoms with E-state index in [-0.39, 0.29) is 46.4 Å². The van der Waals surface area contributed by atoms with Crippen molar-refractivity contribution < 1.29 is 29.4 Å². The Morgan fingerprint density at radius 3 is 1.88 bits per heavy atom. The van der Waals surface area contributed by atoms with E-state index in [1.165, 1.54) is 0 Å². The van der Waals surface area contributed by atoms with Gasteiger partial charge in [0.1, 0.15) is 0 Å². The van der Waals surface area contributed by atoms with Crippen LogP contribution in [-0.2, 0) is 9.59 Å². The van der Waals surface area contributed by atoms with Crippen molar-refractivity contribution in [3.63, 3.8) is 0 Å². The standard InChI is InChI=1S/C15H13I3N2O6/c1-2-6(21)19-5-3-4-7(22)20-13-11(17)8(14(23)24)10(16)9(12(13)18)15(25)26/h2H,1,3-5H2,(H,19,21)(H,20,22)(H,23,24)(H,25,26). The molecule has 140 valence electrons. The van der Waals surface area contributed by atoms with Gasteiger partial charge in [0.25, 0.3) is 0 Å². The van der Waals surface area contributed by atoms with Gasteiger partial charge in [-0.25, -0.2) is 9.59 Å². The van der Waals surface area contributed by atoms with Gasteiger partial charge in [0, 0.05) is 16.5 Å². The highest BCUT2D eigenvalue weighted by Crippen LogP contribution is 2.35. The van der Waals surface area contributed by atoms with Gasteiger partial charge in [-0.15, -0.1) is 0 Å². The lowest BCUT2D eigenvalue weighted by Crippen LogP contribution is -2.24. The fraction of sp³-hybridized carbons (Fsp3) is 0.200. The predicted molar refractivity (Wildman–Crippen MR) is 120 cm³/mol. The molecule has 0 bridgehead atoms. The first-order chi connectivity index (χ1) is 12.1. The monoisotopic (exact) mass is 698 g/mol. The van der Waals surface area contributed by atoms with Gasteiger partial charge in [0.2, 0.25) is 11.8 Å². The van der Waals surface area contributed by atoms with Crippen molar-refractivity contribution in [3.8, 4) is 0 Å². The molecular formula is C15H13I3N2O6. The Hall–Kier alpha value is -0.970. The number of amides is 2. The minimum Gasteiger partial charge on any atom is -0.478 e. The summed E-state index contributed by atoms with van der Waals surface area (Å²) in [7, 11) is 0. The van der Waals surface area contributed by atoms with E-state index in [0.29, 0.717) is 6.42 Å². The Labute approximate surface area is 189 Å². The minimum atomic E-state index is -1.28. The van der Waals surface area contributed by atoms with E-state index < -0.39 is 17.8 Å². The zero-order valence-electron chi connectivity index (χ0n) is 13.1. The van der Waals surface area contributed by atoms with Crippen molar-refractivity contribution in [1.29, 1.82) is 0 Å². The molecule has 0 radical (unpaired) electrons. The van der Waals surface area contributed by atoms with Gasteiger partial charge in [-0.05, 0) is 80.3 Å². The molecule has 0 aliphatic heterocycles. The molecule has 1 rings (SSSR count). The average Bonchev–Trinajstić information content (AvgIpc) is 2.54. The molecule has 4 N–H and O–H groups in total. The van der Waals surface area contributed by atoms with E-state index in [1.54, 1.807) is 67.8 Å². The van der Waals surface area contributed by atoms with Gasteiger partial charge in [0.05, 0.1) is 24.0 Å². The molecule has 11 heteroatoms. The Morgan fingerprint density at radius 1 is 0.962 bits per heavy atom. The lowest BCUT2D eigenvalue weighted by Gasteiger charge is -2.16. The molecule has 0 saturated heterocycles. The summed E-state index contributed by atoms with van der Waals surface area (Å²) in [5.74, 6) is -3.31. The molecule has 26 heavy (non-hydrogen) atoms. The van der Waals surface area contributed by atoms with Crippen LogP contribution < -0.4 is 10.6 Å². The number of carbonyl (C=O) groups excluding carboxylic acids is 2. The molecule has 0 aliphatic carbocycles. The molecule has 0 aliphatic rings. The molecule has 2 amide bonds. The first-order valence-electron chi connectivity index (χ1n) is 6.98. The van der Waals surface area contributed by atoms with Crippen molar-refractivity contribution in [2.24, 2.45) is 0 Å². The van der Waals surface area contributed by atoms with Crippen LogP contribution >= 0.6 is 67.8 Å². The van der Waals surface area contributed by atoms with Crippen molar-refractivity contribution in [3.05, 3.63) is 34.5 Å². The van der Waals surface area contributed by atoms with Gasteiger partial charge in [-0.2, -0.15) is 0 Å². The molecular weight excluding hydrogens is 685 g/mol. The Bertz CT molecular complexity index is 753. The summed E-state index contributed by atoms with van der Waals surface area (Å²) in [6, 6.07) is 0. The zero-order chi connectivity index (χ0) is 20.0. The van der Waals surface area contributed by atoms with E-state index >= 15 is 0 Å². The summed E-state index contributed by atoms with van der Waals surface area (Å²) in [6.45, 7) is 3.59. The maximum Gasteiger partial charge on any atom is 0.337 e. The third kappa shape index (κ3) is 5.77. The second-order valence-corrected chi connectivity index (χ2v) is 8.06. The number of hydrogen-bond donors (Lipinski definition) is 4. The van der Waals surface area contributed by atoms with Crippen LogP contribution in [0.2, 0.25) is 0 Å². The van der Waals surface area contributed by atoms with Gasteiger partial charge in [-0.1, -0.05) is 6.58 Å². The molecule has 0 aromatic heterocycles. The smallest absolute Gasteiger partial charge is 0.337 e. The summed E-state index contributed by atoms with van der Waals surface area (Å²) < 4.78 is 0.603. The van der Waals surface area contributed by atoms with Gasteiger partial charge in [0.15, 0.2) is 0 Å². The summed E-state index contributed by atoms with van der Waals surface area (Å²) >= 11 is 5.22. The molecule has 0 saturated carbocycles. The highest BCUT2D eigenvalue weighted by atomic mass is 127. The number of carbonyl (C=O) groups is 4. The minimum absolute atomic E-state index is 0.0698. The highest BCUT2D eigenvalue weighted by Gasteiger charge is 2.28. The third-order valence-electron chi connectivity index (χ3n) is 3.07. The van der Waals surface area contributed by atoms with Crippen LogP contribution in [0.4, 0.5) is 5.69 Å². The lowest BCUT2D eigenvalue weighted by molar-refractivity contribution is -0.118. The second kappa shape index (κ2) is 10.4. The molecule has 8 nitrogen and oxygen atoms in total. The third-order valence-corrected chi connectivity index (χ3v) is 6.31. The van der Waals surface area contributed by atoms with E-state index in [1.807, 2.05) is 0 Å². The van der Waals surface area contributed by atoms with Gasteiger partial charge >= 0.3 is 11.9 Å². The summed E-state index contributed by atoms with van der Waals surface area (Å²) in [6.07, 6.45) is 1.55. The largest absolute Gasteiger partial charge is 0.478 e. The fourth-order valence-electron chi connectivity index (χ4n) is 1.88. The molecule has 0 heterocycles. The molecule has 0 unspecified atom stereocenters. The van der Waals surface area contributed by atoms with Crippen molar-refractivity contribution in [1.82, 2.24) is 5.32 Å². The molecule has 1 aromatic rings. The van der Waals surface area contributed by atoms with Crippen LogP contribution in [0.5, 0.6) is 0 Å². The van der Waals surface area contributed by atoms with Gasteiger partial charge in [-0.3, -0.25) is 9.59 Å². The first-order valence-corrected chi connectivity index (χ1v) is 10.2. The maximum atomic E-state index is 12.1. The molecule has 0 spiro atoms.